The third kappa shape index (κ3) is 5.63. The number of hydrazone groups is 1. The van der Waals surface area contributed by atoms with Crippen LogP contribution in [0.3, 0.4) is 0 Å². The van der Waals surface area contributed by atoms with E-state index in [0.717, 1.165) is 49.2 Å². The molecule has 224 valence electrons. The molecule has 1 N–H and O–H groups in total. The number of amides is 2. The number of piperazine rings is 1. The highest BCUT2D eigenvalue weighted by atomic mass is 35.5. The fourth-order valence-corrected chi connectivity index (χ4v) is 6.88. The van der Waals surface area contributed by atoms with E-state index < -0.39 is 18.0 Å². The van der Waals surface area contributed by atoms with Gasteiger partial charge in [0.1, 0.15) is 5.84 Å². The number of hydrogen-bond acceptors (Lipinski definition) is 6. The molecule has 3 atom stereocenters. The molecule has 0 aromatic heterocycles. The van der Waals surface area contributed by atoms with Crippen LogP contribution in [0, 0.1) is 5.92 Å². The van der Waals surface area contributed by atoms with Crippen LogP contribution >= 0.6 is 11.6 Å². The summed E-state index contributed by atoms with van der Waals surface area (Å²) in [5.74, 6) is 0.761. The topological polar surface area (TPSA) is 71.5 Å². The SMILES string of the molecule is O=C(CCC1=NNC2N(Cc3ccccc3Cl)C(=O)C3CCCCC3N12)N1CCN(c2cccc(C(F)(F)F)c2)CC1. The molecule has 2 aromatic rings. The maximum Gasteiger partial charge on any atom is 0.416 e. The maximum atomic E-state index is 13.6. The Bertz CT molecular complexity index is 1360. The van der Waals surface area contributed by atoms with E-state index in [2.05, 4.69) is 15.4 Å². The molecule has 6 rings (SSSR count). The van der Waals surface area contributed by atoms with Gasteiger partial charge in [0.2, 0.25) is 11.8 Å². The second-order valence-corrected chi connectivity index (χ2v) is 11.8. The molecule has 3 unspecified atom stereocenters. The van der Waals surface area contributed by atoms with Gasteiger partial charge in [-0.2, -0.15) is 18.3 Å². The minimum absolute atomic E-state index is 0.00829. The van der Waals surface area contributed by atoms with Crippen LogP contribution in [-0.4, -0.2) is 70.9 Å². The van der Waals surface area contributed by atoms with Crippen molar-refractivity contribution in [3.05, 3.63) is 64.7 Å². The van der Waals surface area contributed by atoms with Crippen molar-refractivity contribution in [1.29, 1.82) is 0 Å². The number of nitrogens with zero attached hydrogens (tertiary/aromatic N) is 5. The Morgan fingerprint density at radius 1 is 1.02 bits per heavy atom. The van der Waals surface area contributed by atoms with Crippen molar-refractivity contribution in [3.8, 4) is 0 Å². The molecule has 42 heavy (non-hydrogen) atoms. The molecule has 12 heteroatoms. The summed E-state index contributed by atoms with van der Waals surface area (Å²) in [6.07, 6.45) is -0.325. The van der Waals surface area contributed by atoms with Crippen LogP contribution in [0.15, 0.2) is 53.6 Å². The molecule has 3 aliphatic heterocycles. The molecule has 1 aliphatic carbocycles. The van der Waals surface area contributed by atoms with Gasteiger partial charge in [-0.3, -0.25) is 19.9 Å². The number of carbonyl (C=O) groups excluding carboxylic acids is 2. The number of halogens is 4. The standard InChI is InChI=1S/C30H34ClF3N6O2/c31-24-10-3-1-6-20(24)19-39-28(42)23-9-2-4-11-25(23)40-26(35-36-29(39)40)12-13-27(41)38-16-14-37(15-17-38)22-8-5-7-21(18-22)30(32,33)34/h1,3,5-8,10,18,23,25,29,36H,2,4,9,11-17,19H2. The molecule has 3 fully saturated rings. The van der Waals surface area contributed by atoms with E-state index in [0.29, 0.717) is 49.9 Å². The molecular weight excluding hydrogens is 569 g/mol. The highest BCUT2D eigenvalue weighted by Gasteiger charge is 2.50. The number of alkyl halides is 3. The molecule has 0 radical (unpaired) electrons. The van der Waals surface area contributed by atoms with Crippen LogP contribution in [0.1, 0.15) is 49.7 Å². The minimum atomic E-state index is -4.39. The summed E-state index contributed by atoms with van der Waals surface area (Å²) in [6.45, 7) is 2.18. The van der Waals surface area contributed by atoms with E-state index in [4.69, 9.17) is 11.6 Å². The highest BCUT2D eigenvalue weighted by Crippen LogP contribution is 2.39. The second kappa shape index (κ2) is 11.7. The summed E-state index contributed by atoms with van der Waals surface area (Å²) < 4.78 is 39.5. The van der Waals surface area contributed by atoms with E-state index in [1.54, 1.807) is 11.0 Å². The molecular formula is C30H34ClF3N6O2. The van der Waals surface area contributed by atoms with Gasteiger partial charge in [0.15, 0.2) is 6.29 Å². The third-order valence-corrected chi connectivity index (χ3v) is 9.25. The van der Waals surface area contributed by atoms with Crippen molar-refractivity contribution < 1.29 is 22.8 Å². The lowest BCUT2D eigenvalue weighted by Crippen LogP contribution is -2.67. The third-order valence-electron chi connectivity index (χ3n) is 8.88. The predicted molar refractivity (Wildman–Crippen MR) is 153 cm³/mol. The van der Waals surface area contributed by atoms with Crippen molar-refractivity contribution in [2.45, 2.75) is 63.6 Å². The molecule has 3 heterocycles. The van der Waals surface area contributed by atoms with Crippen molar-refractivity contribution in [2.75, 3.05) is 31.1 Å². The zero-order valence-electron chi connectivity index (χ0n) is 23.2. The van der Waals surface area contributed by atoms with Crippen molar-refractivity contribution in [1.82, 2.24) is 20.1 Å². The Balaban J connectivity index is 1.09. The van der Waals surface area contributed by atoms with Crippen LogP contribution in [0.2, 0.25) is 5.02 Å². The molecule has 0 spiro atoms. The summed E-state index contributed by atoms with van der Waals surface area (Å²) in [7, 11) is 0. The van der Waals surface area contributed by atoms with Gasteiger partial charge in [0.25, 0.3) is 0 Å². The minimum Gasteiger partial charge on any atom is -0.368 e. The molecule has 2 saturated heterocycles. The van der Waals surface area contributed by atoms with Crippen molar-refractivity contribution in [2.24, 2.45) is 11.0 Å². The average Bonchev–Trinajstić information content (AvgIpc) is 3.42. The number of carbonyl (C=O) groups is 2. The number of nitrogens with one attached hydrogen (secondary N) is 1. The normalized spacial score (nSPS) is 24.2. The zero-order chi connectivity index (χ0) is 29.4. The first kappa shape index (κ1) is 28.6. The first-order valence-electron chi connectivity index (χ1n) is 14.5. The lowest BCUT2D eigenvalue weighted by Gasteiger charge is -2.50. The van der Waals surface area contributed by atoms with Gasteiger partial charge in [0, 0.05) is 55.8 Å². The highest BCUT2D eigenvalue weighted by molar-refractivity contribution is 6.31. The lowest BCUT2D eigenvalue weighted by molar-refractivity contribution is -0.156. The smallest absolute Gasteiger partial charge is 0.368 e. The van der Waals surface area contributed by atoms with Gasteiger partial charge in [0.05, 0.1) is 18.0 Å². The number of anilines is 1. The first-order valence-corrected chi connectivity index (χ1v) is 14.9. The molecule has 2 amide bonds. The van der Waals surface area contributed by atoms with Crippen molar-refractivity contribution in [3.63, 3.8) is 0 Å². The summed E-state index contributed by atoms with van der Waals surface area (Å²) in [5, 5.41) is 5.22. The van der Waals surface area contributed by atoms with E-state index >= 15 is 0 Å². The van der Waals surface area contributed by atoms with Crippen LogP contribution in [0.25, 0.3) is 0 Å². The van der Waals surface area contributed by atoms with Gasteiger partial charge >= 0.3 is 6.18 Å². The summed E-state index contributed by atoms with van der Waals surface area (Å²) in [4.78, 5) is 34.5. The molecule has 2 aromatic carbocycles. The van der Waals surface area contributed by atoms with Gasteiger partial charge in [-0.15, -0.1) is 0 Å². The van der Waals surface area contributed by atoms with E-state index in [9.17, 15) is 22.8 Å². The Hall–Kier alpha value is -3.47. The molecule has 1 saturated carbocycles. The number of amidine groups is 1. The fraction of sp³-hybridized carbons (Fsp3) is 0.500. The van der Waals surface area contributed by atoms with Gasteiger partial charge < -0.3 is 14.7 Å². The first-order chi connectivity index (χ1) is 20.2. The zero-order valence-corrected chi connectivity index (χ0v) is 23.9. The van der Waals surface area contributed by atoms with Gasteiger partial charge in [-0.1, -0.05) is 48.7 Å². The summed E-state index contributed by atoms with van der Waals surface area (Å²) in [6, 6.07) is 12.9. The quantitative estimate of drug-likeness (QED) is 0.510. The number of rotatable bonds is 6. The Morgan fingerprint density at radius 2 is 1.79 bits per heavy atom. The van der Waals surface area contributed by atoms with Gasteiger partial charge in [-0.05, 0) is 42.7 Å². The van der Waals surface area contributed by atoms with Crippen LogP contribution in [0.5, 0.6) is 0 Å². The predicted octanol–water partition coefficient (Wildman–Crippen LogP) is 4.89. The Morgan fingerprint density at radius 3 is 2.55 bits per heavy atom. The Kier molecular flexibility index (Phi) is 7.95. The van der Waals surface area contributed by atoms with Gasteiger partial charge in [-0.25, -0.2) is 0 Å². The van der Waals surface area contributed by atoms with Crippen LogP contribution < -0.4 is 10.3 Å². The maximum absolute atomic E-state index is 13.6. The number of hydrogen-bond donors (Lipinski definition) is 1. The van der Waals surface area contributed by atoms with Crippen LogP contribution in [0.4, 0.5) is 18.9 Å². The van der Waals surface area contributed by atoms with E-state index in [1.807, 2.05) is 34.1 Å². The van der Waals surface area contributed by atoms with Crippen LogP contribution in [-0.2, 0) is 22.3 Å². The number of fused-ring (bicyclic) bond motifs is 3. The largest absolute Gasteiger partial charge is 0.416 e. The van der Waals surface area contributed by atoms with E-state index in [1.165, 1.54) is 6.07 Å². The summed E-state index contributed by atoms with van der Waals surface area (Å²) >= 11 is 6.44. The molecule has 4 aliphatic rings. The van der Waals surface area contributed by atoms with Crippen molar-refractivity contribution >= 4 is 34.9 Å². The van der Waals surface area contributed by atoms with E-state index in [-0.39, 0.29) is 30.2 Å². The molecule has 0 bridgehead atoms. The lowest BCUT2D eigenvalue weighted by atomic mass is 9.80. The monoisotopic (exact) mass is 602 g/mol. The number of benzene rings is 2. The molecule has 8 nitrogen and oxygen atoms in total. The second-order valence-electron chi connectivity index (χ2n) is 11.4. The average molecular weight is 603 g/mol. The Labute approximate surface area is 248 Å². The summed E-state index contributed by atoms with van der Waals surface area (Å²) in [5.41, 5.74) is 3.88. The fourth-order valence-electron chi connectivity index (χ4n) is 6.68.